The number of aromatic nitrogens is 1. The Labute approximate surface area is 112 Å². The highest BCUT2D eigenvalue weighted by Crippen LogP contribution is 2.26. The lowest BCUT2D eigenvalue weighted by Crippen LogP contribution is -2.29. The van der Waals surface area contributed by atoms with E-state index in [1.54, 1.807) is 25.4 Å². The van der Waals surface area contributed by atoms with Crippen LogP contribution in [0.3, 0.4) is 0 Å². The van der Waals surface area contributed by atoms with Crippen LogP contribution in [0.1, 0.15) is 24.2 Å². The number of hydrogen-bond donors (Lipinski definition) is 1. The monoisotopic (exact) mass is 260 g/mol. The molecule has 0 spiro atoms. The number of rotatable bonds is 4. The molecule has 0 aliphatic heterocycles. The summed E-state index contributed by atoms with van der Waals surface area (Å²) in [4.78, 5) is 4.07. The Morgan fingerprint density at radius 1 is 1.32 bits per heavy atom. The van der Waals surface area contributed by atoms with Crippen molar-refractivity contribution in [3.8, 4) is 5.75 Å². The molecule has 2 atom stereocenters. The van der Waals surface area contributed by atoms with E-state index in [-0.39, 0.29) is 18.0 Å². The Bertz CT molecular complexity index is 543. The van der Waals surface area contributed by atoms with E-state index >= 15 is 0 Å². The molecule has 19 heavy (non-hydrogen) atoms. The van der Waals surface area contributed by atoms with Crippen molar-refractivity contribution in [2.24, 2.45) is 5.73 Å². The first-order chi connectivity index (χ1) is 9.08. The third-order valence-corrected chi connectivity index (χ3v) is 2.88. The Morgan fingerprint density at radius 2 is 2.11 bits per heavy atom. The standard InChI is InChI=1S/C15H17FN2O/c1-10-8-13(16)5-6-14(10)19-15(11(2)17)12-4-3-7-18-9-12/h3-9,11,15H,17H2,1-2H3. The minimum absolute atomic E-state index is 0.200. The third kappa shape index (κ3) is 3.29. The van der Waals surface area contributed by atoms with Gasteiger partial charge in [-0.2, -0.15) is 0 Å². The third-order valence-electron chi connectivity index (χ3n) is 2.88. The number of hydrogen-bond acceptors (Lipinski definition) is 3. The molecule has 2 rings (SSSR count). The predicted octanol–water partition coefficient (Wildman–Crippen LogP) is 3.00. The van der Waals surface area contributed by atoms with Gasteiger partial charge in [0.15, 0.2) is 0 Å². The highest BCUT2D eigenvalue weighted by Gasteiger charge is 2.19. The van der Waals surface area contributed by atoms with E-state index in [2.05, 4.69) is 4.98 Å². The van der Waals surface area contributed by atoms with Crippen molar-refractivity contribution in [1.82, 2.24) is 4.98 Å². The Morgan fingerprint density at radius 3 is 2.68 bits per heavy atom. The first kappa shape index (κ1) is 13.5. The van der Waals surface area contributed by atoms with Crippen molar-refractivity contribution < 1.29 is 9.13 Å². The fraction of sp³-hybridized carbons (Fsp3) is 0.267. The summed E-state index contributed by atoms with van der Waals surface area (Å²) in [6, 6.07) is 8.00. The molecular weight excluding hydrogens is 243 g/mol. The number of halogens is 1. The van der Waals surface area contributed by atoms with Crippen LogP contribution in [-0.4, -0.2) is 11.0 Å². The van der Waals surface area contributed by atoms with Gasteiger partial charge in [-0.25, -0.2) is 4.39 Å². The SMILES string of the molecule is Cc1cc(F)ccc1OC(c1cccnc1)C(C)N. The van der Waals surface area contributed by atoms with E-state index in [9.17, 15) is 4.39 Å². The second-order valence-electron chi connectivity index (χ2n) is 4.59. The van der Waals surface area contributed by atoms with E-state index in [1.165, 1.54) is 12.1 Å². The van der Waals surface area contributed by atoms with Crippen LogP contribution in [0.5, 0.6) is 5.75 Å². The molecule has 1 heterocycles. The predicted molar refractivity (Wildman–Crippen MR) is 72.4 cm³/mol. The average Bonchev–Trinajstić information content (AvgIpc) is 2.38. The molecule has 0 amide bonds. The topological polar surface area (TPSA) is 48.1 Å². The van der Waals surface area contributed by atoms with Crippen LogP contribution in [0, 0.1) is 12.7 Å². The van der Waals surface area contributed by atoms with E-state index in [1.807, 2.05) is 19.1 Å². The number of benzene rings is 1. The van der Waals surface area contributed by atoms with Gasteiger partial charge in [-0.3, -0.25) is 4.98 Å². The second-order valence-corrected chi connectivity index (χ2v) is 4.59. The summed E-state index contributed by atoms with van der Waals surface area (Å²) in [5.41, 5.74) is 7.62. The van der Waals surface area contributed by atoms with Gasteiger partial charge in [-0.05, 0) is 43.7 Å². The molecule has 0 fully saturated rings. The molecule has 1 aromatic carbocycles. The van der Waals surface area contributed by atoms with Crippen molar-refractivity contribution in [2.75, 3.05) is 0 Å². The van der Waals surface area contributed by atoms with Crippen molar-refractivity contribution >= 4 is 0 Å². The number of aryl methyl sites for hydroxylation is 1. The zero-order valence-corrected chi connectivity index (χ0v) is 11.0. The minimum Gasteiger partial charge on any atom is -0.484 e. The van der Waals surface area contributed by atoms with E-state index < -0.39 is 0 Å². The summed E-state index contributed by atoms with van der Waals surface area (Å²) in [6.07, 6.45) is 3.12. The maximum absolute atomic E-state index is 13.1. The number of nitrogens with zero attached hydrogens (tertiary/aromatic N) is 1. The van der Waals surface area contributed by atoms with Gasteiger partial charge < -0.3 is 10.5 Å². The summed E-state index contributed by atoms with van der Waals surface area (Å²) in [5.74, 6) is 0.358. The van der Waals surface area contributed by atoms with Gasteiger partial charge in [-0.1, -0.05) is 6.07 Å². The Kier molecular flexibility index (Phi) is 4.12. The second kappa shape index (κ2) is 5.80. The molecule has 0 saturated carbocycles. The summed E-state index contributed by atoms with van der Waals surface area (Å²) >= 11 is 0. The Hall–Kier alpha value is -1.94. The van der Waals surface area contributed by atoms with Crippen molar-refractivity contribution in [2.45, 2.75) is 26.0 Å². The van der Waals surface area contributed by atoms with Gasteiger partial charge >= 0.3 is 0 Å². The fourth-order valence-electron chi connectivity index (χ4n) is 1.91. The molecule has 2 N–H and O–H groups in total. The van der Waals surface area contributed by atoms with Gasteiger partial charge in [0, 0.05) is 24.0 Å². The number of ether oxygens (including phenoxy) is 1. The van der Waals surface area contributed by atoms with Crippen LogP contribution >= 0.6 is 0 Å². The molecule has 4 heteroatoms. The Balaban J connectivity index is 2.27. The lowest BCUT2D eigenvalue weighted by molar-refractivity contribution is 0.178. The average molecular weight is 260 g/mol. The highest BCUT2D eigenvalue weighted by molar-refractivity contribution is 5.33. The van der Waals surface area contributed by atoms with Crippen molar-refractivity contribution in [3.63, 3.8) is 0 Å². The summed E-state index contributed by atoms with van der Waals surface area (Å²) in [5, 5.41) is 0. The number of pyridine rings is 1. The maximum atomic E-state index is 13.1. The van der Waals surface area contributed by atoms with E-state index in [4.69, 9.17) is 10.5 Å². The molecule has 0 aliphatic carbocycles. The van der Waals surface area contributed by atoms with Gasteiger partial charge in [0.05, 0.1) is 0 Å². The first-order valence-corrected chi connectivity index (χ1v) is 6.16. The van der Waals surface area contributed by atoms with Gasteiger partial charge in [0.25, 0.3) is 0 Å². The minimum atomic E-state index is -0.308. The van der Waals surface area contributed by atoms with Crippen LogP contribution in [0.15, 0.2) is 42.7 Å². The van der Waals surface area contributed by atoms with Crippen LogP contribution in [-0.2, 0) is 0 Å². The van der Waals surface area contributed by atoms with Crippen molar-refractivity contribution in [1.29, 1.82) is 0 Å². The molecule has 0 saturated heterocycles. The molecule has 2 unspecified atom stereocenters. The van der Waals surface area contributed by atoms with Crippen LogP contribution in [0.25, 0.3) is 0 Å². The lowest BCUT2D eigenvalue weighted by Gasteiger charge is -2.23. The fourth-order valence-corrected chi connectivity index (χ4v) is 1.91. The molecule has 0 radical (unpaired) electrons. The summed E-state index contributed by atoms with van der Waals surface area (Å²) < 4.78 is 19.0. The molecule has 0 bridgehead atoms. The largest absolute Gasteiger partial charge is 0.484 e. The summed E-state index contributed by atoms with van der Waals surface area (Å²) in [6.45, 7) is 3.68. The van der Waals surface area contributed by atoms with Crippen LogP contribution < -0.4 is 10.5 Å². The van der Waals surface area contributed by atoms with E-state index in [0.717, 1.165) is 11.1 Å². The smallest absolute Gasteiger partial charge is 0.140 e. The molecule has 2 aromatic rings. The van der Waals surface area contributed by atoms with Gasteiger partial charge in [0.1, 0.15) is 17.7 Å². The first-order valence-electron chi connectivity index (χ1n) is 6.16. The molecule has 1 aromatic heterocycles. The lowest BCUT2D eigenvalue weighted by atomic mass is 10.1. The summed E-state index contributed by atoms with van der Waals surface area (Å²) in [7, 11) is 0. The van der Waals surface area contributed by atoms with Crippen molar-refractivity contribution in [3.05, 3.63) is 59.7 Å². The molecule has 0 aliphatic rings. The molecule has 3 nitrogen and oxygen atoms in total. The quantitative estimate of drug-likeness (QED) is 0.919. The highest BCUT2D eigenvalue weighted by atomic mass is 19.1. The van der Waals surface area contributed by atoms with Crippen LogP contribution in [0.2, 0.25) is 0 Å². The zero-order chi connectivity index (χ0) is 13.8. The zero-order valence-electron chi connectivity index (χ0n) is 11.0. The molecular formula is C15H17FN2O. The normalized spacial score (nSPS) is 13.9. The van der Waals surface area contributed by atoms with Gasteiger partial charge in [0.2, 0.25) is 0 Å². The maximum Gasteiger partial charge on any atom is 0.140 e. The van der Waals surface area contributed by atoms with E-state index in [0.29, 0.717) is 5.75 Å². The molecule has 100 valence electrons. The van der Waals surface area contributed by atoms with Crippen LogP contribution in [0.4, 0.5) is 4.39 Å². The van der Waals surface area contributed by atoms with Gasteiger partial charge in [-0.15, -0.1) is 0 Å². The number of nitrogens with two attached hydrogens (primary N) is 1.